The lowest BCUT2D eigenvalue weighted by Gasteiger charge is -2.03. The zero-order valence-corrected chi connectivity index (χ0v) is 12.0. The summed E-state index contributed by atoms with van der Waals surface area (Å²) in [5.74, 6) is -0.638. The topological polar surface area (TPSA) is 113 Å². The van der Waals surface area contributed by atoms with Crippen LogP contribution in [-0.4, -0.2) is 30.5 Å². The smallest absolute Gasteiger partial charge is 0.378 e. The molecule has 0 aliphatic heterocycles. The van der Waals surface area contributed by atoms with Crippen molar-refractivity contribution in [1.82, 2.24) is 19.6 Å². The van der Waals surface area contributed by atoms with Crippen molar-refractivity contribution in [3.8, 4) is 0 Å². The Bertz CT molecular complexity index is 905. The molecule has 0 amide bonds. The fourth-order valence-corrected chi connectivity index (χ4v) is 2.01. The van der Waals surface area contributed by atoms with E-state index in [1.807, 2.05) is 0 Å². The number of carbonyl (C=O) groups excluding carboxylic acids is 1. The normalized spacial score (nSPS) is 10.7. The van der Waals surface area contributed by atoms with Crippen LogP contribution in [0, 0.1) is 17.0 Å². The molecule has 0 saturated carbocycles. The molecule has 2 heterocycles. The highest BCUT2D eigenvalue weighted by atomic mass is 16.6. The molecule has 9 heteroatoms. The van der Waals surface area contributed by atoms with Gasteiger partial charge in [0.05, 0.1) is 10.5 Å². The van der Waals surface area contributed by atoms with Gasteiger partial charge < -0.3 is 4.74 Å². The van der Waals surface area contributed by atoms with Crippen LogP contribution < -0.4 is 0 Å². The summed E-state index contributed by atoms with van der Waals surface area (Å²) in [5.41, 5.74) is 0.949. The van der Waals surface area contributed by atoms with E-state index in [9.17, 15) is 14.9 Å². The Morgan fingerprint density at radius 1 is 1.35 bits per heavy atom. The first-order chi connectivity index (χ1) is 11.1. The van der Waals surface area contributed by atoms with E-state index in [0.29, 0.717) is 5.56 Å². The molecule has 0 fully saturated rings. The molecule has 0 aliphatic rings. The number of ether oxygens (including phenoxy) is 1. The lowest BCUT2D eigenvalue weighted by atomic mass is 10.2. The SMILES string of the molecule is Cc1ccnc2nc(C(=O)OCc3ccccc3[N+](=O)[O-])nn12. The number of rotatable bonds is 4. The van der Waals surface area contributed by atoms with Gasteiger partial charge in [-0.15, -0.1) is 5.10 Å². The lowest BCUT2D eigenvalue weighted by molar-refractivity contribution is -0.385. The van der Waals surface area contributed by atoms with E-state index in [1.54, 1.807) is 31.3 Å². The van der Waals surface area contributed by atoms with Gasteiger partial charge in [-0.2, -0.15) is 4.98 Å². The standard InChI is InChI=1S/C14H11N5O4/c1-9-6-7-15-14-16-12(17-18(9)14)13(20)23-8-10-4-2-3-5-11(10)19(21)22/h2-7H,8H2,1H3. The molecule has 3 rings (SSSR count). The molecule has 0 bridgehead atoms. The number of esters is 1. The minimum Gasteiger partial charge on any atom is -0.455 e. The first kappa shape index (κ1) is 14.6. The molecule has 0 spiro atoms. The molecule has 3 aromatic rings. The molecule has 9 nitrogen and oxygen atoms in total. The Morgan fingerprint density at radius 2 is 2.13 bits per heavy atom. The predicted octanol–water partition coefficient (Wildman–Crippen LogP) is 1.70. The zero-order valence-electron chi connectivity index (χ0n) is 12.0. The summed E-state index contributed by atoms with van der Waals surface area (Å²) >= 11 is 0. The average molecular weight is 313 g/mol. The van der Waals surface area contributed by atoms with Gasteiger partial charge in [-0.1, -0.05) is 12.1 Å². The van der Waals surface area contributed by atoms with Crippen LogP contribution in [0.3, 0.4) is 0 Å². The molecular formula is C14H11N5O4. The Hall–Kier alpha value is -3.36. The quantitative estimate of drug-likeness (QED) is 0.409. The maximum absolute atomic E-state index is 12.0. The second-order valence-electron chi connectivity index (χ2n) is 4.70. The van der Waals surface area contributed by atoms with Gasteiger partial charge in [-0.3, -0.25) is 10.1 Å². The van der Waals surface area contributed by atoms with Crippen LogP contribution in [0.5, 0.6) is 0 Å². The molecule has 0 aliphatic carbocycles. The molecule has 0 saturated heterocycles. The highest BCUT2D eigenvalue weighted by Gasteiger charge is 2.18. The number of nitro groups is 1. The summed E-state index contributed by atoms with van der Waals surface area (Å²) in [6, 6.07) is 7.77. The fourth-order valence-electron chi connectivity index (χ4n) is 2.01. The fraction of sp³-hybridized carbons (Fsp3) is 0.143. The van der Waals surface area contributed by atoms with Gasteiger partial charge >= 0.3 is 5.97 Å². The number of nitro benzene ring substituents is 1. The second kappa shape index (κ2) is 5.79. The van der Waals surface area contributed by atoms with Gasteiger partial charge in [0.2, 0.25) is 0 Å². The van der Waals surface area contributed by atoms with E-state index in [4.69, 9.17) is 4.74 Å². The zero-order chi connectivity index (χ0) is 16.4. The van der Waals surface area contributed by atoms with Crippen molar-refractivity contribution in [3.05, 3.63) is 63.7 Å². The molecule has 0 unspecified atom stereocenters. The molecule has 23 heavy (non-hydrogen) atoms. The summed E-state index contributed by atoms with van der Waals surface area (Å²) in [6.45, 7) is 1.56. The van der Waals surface area contributed by atoms with Crippen molar-refractivity contribution in [2.45, 2.75) is 13.5 Å². The van der Waals surface area contributed by atoms with Gasteiger partial charge in [0.1, 0.15) is 6.61 Å². The van der Waals surface area contributed by atoms with Crippen molar-refractivity contribution in [1.29, 1.82) is 0 Å². The van der Waals surface area contributed by atoms with Crippen molar-refractivity contribution < 1.29 is 14.5 Å². The maximum atomic E-state index is 12.0. The number of carbonyl (C=O) groups is 1. The van der Waals surface area contributed by atoms with Crippen molar-refractivity contribution in [2.24, 2.45) is 0 Å². The van der Waals surface area contributed by atoms with Crippen LogP contribution in [0.1, 0.15) is 21.9 Å². The third kappa shape index (κ3) is 2.84. The van der Waals surface area contributed by atoms with E-state index in [2.05, 4.69) is 15.1 Å². The van der Waals surface area contributed by atoms with Crippen LogP contribution in [-0.2, 0) is 11.3 Å². The Balaban J connectivity index is 1.79. The first-order valence-electron chi connectivity index (χ1n) is 6.64. The number of nitrogens with zero attached hydrogens (tertiary/aromatic N) is 5. The van der Waals surface area contributed by atoms with E-state index < -0.39 is 10.9 Å². The van der Waals surface area contributed by atoms with Gasteiger partial charge in [-0.05, 0) is 19.1 Å². The van der Waals surface area contributed by atoms with E-state index in [1.165, 1.54) is 16.6 Å². The minimum atomic E-state index is -0.770. The Morgan fingerprint density at radius 3 is 2.87 bits per heavy atom. The average Bonchev–Trinajstić information content (AvgIpc) is 2.98. The van der Waals surface area contributed by atoms with Crippen LogP contribution in [0.4, 0.5) is 5.69 Å². The van der Waals surface area contributed by atoms with Crippen LogP contribution in [0.15, 0.2) is 36.5 Å². The van der Waals surface area contributed by atoms with E-state index in [-0.39, 0.29) is 23.9 Å². The van der Waals surface area contributed by atoms with Crippen molar-refractivity contribution in [3.63, 3.8) is 0 Å². The van der Waals surface area contributed by atoms with E-state index in [0.717, 1.165) is 5.69 Å². The summed E-state index contributed by atoms with van der Waals surface area (Å²) in [7, 11) is 0. The number of fused-ring (bicyclic) bond motifs is 1. The van der Waals surface area contributed by atoms with Gasteiger partial charge in [0.25, 0.3) is 17.3 Å². The molecule has 0 radical (unpaired) electrons. The van der Waals surface area contributed by atoms with Crippen LogP contribution >= 0.6 is 0 Å². The Labute approximate surface area is 129 Å². The Kier molecular flexibility index (Phi) is 3.67. The molecule has 2 aromatic heterocycles. The number of para-hydroxylation sites is 1. The van der Waals surface area contributed by atoms with Crippen LogP contribution in [0.25, 0.3) is 5.78 Å². The number of benzene rings is 1. The molecule has 1 aromatic carbocycles. The molecule has 116 valence electrons. The monoisotopic (exact) mass is 313 g/mol. The summed E-state index contributed by atoms with van der Waals surface area (Å²) in [4.78, 5) is 30.4. The third-order valence-corrected chi connectivity index (χ3v) is 3.16. The minimum absolute atomic E-state index is 0.110. The number of hydrogen-bond donors (Lipinski definition) is 0. The summed E-state index contributed by atoms with van der Waals surface area (Å²) in [6.07, 6.45) is 1.56. The first-order valence-corrected chi connectivity index (χ1v) is 6.64. The summed E-state index contributed by atoms with van der Waals surface area (Å²) in [5, 5.41) is 14.9. The second-order valence-corrected chi connectivity index (χ2v) is 4.70. The number of aryl methyl sites for hydroxylation is 1. The molecule has 0 atom stereocenters. The number of hydrogen-bond acceptors (Lipinski definition) is 7. The maximum Gasteiger partial charge on any atom is 0.378 e. The molecule has 0 N–H and O–H groups in total. The van der Waals surface area contributed by atoms with Gasteiger partial charge in [-0.25, -0.2) is 14.3 Å². The lowest BCUT2D eigenvalue weighted by Crippen LogP contribution is -2.08. The highest BCUT2D eigenvalue weighted by Crippen LogP contribution is 2.18. The predicted molar refractivity (Wildman–Crippen MR) is 77.7 cm³/mol. The largest absolute Gasteiger partial charge is 0.455 e. The van der Waals surface area contributed by atoms with E-state index >= 15 is 0 Å². The molecular weight excluding hydrogens is 302 g/mol. The van der Waals surface area contributed by atoms with Crippen molar-refractivity contribution in [2.75, 3.05) is 0 Å². The number of aromatic nitrogens is 4. The third-order valence-electron chi connectivity index (χ3n) is 3.16. The van der Waals surface area contributed by atoms with Gasteiger partial charge in [0, 0.05) is 18.0 Å². The van der Waals surface area contributed by atoms with Gasteiger partial charge in [0.15, 0.2) is 0 Å². The van der Waals surface area contributed by atoms with Crippen LogP contribution in [0.2, 0.25) is 0 Å². The highest BCUT2D eigenvalue weighted by molar-refractivity contribution is 5.85. The van der Waals surface area contributed by atoms with Crippen molar-refractivity contribution >= 4 is 17.4 Å². The summed E-state index contributed by atoms with van der Waals surface area (Å²) < 4.78 is 6.48.